The highest BCUT2D eigenvalue weighted by Crippen LogP contribution is 2.38. The largest absolute Gasteiger partial charge is 0.573 e. The van der Waals surface area contributed by atoms with Crippen LogP contribution in [0.25, 0.3) is 0 Å². The summed E-state index contributed by atoms with van der Waals surface area (Å²) < 4.78 is 40.4. The minimum atomic E-state index is -4.84. The number of rotatable bonds is 2. The van der Waals surface area contributed by atoms with Gasteiger partial charge in [0.15, 0.2) is 5.75 Å². The van der Waals surface area contributed by atoms with Gasteiger partial charge in [-0.05, 0) is 18.6 Å². The first-order chi connectivity index (χ1) is 7.70. The van der Waals surface area contributed by atoms with Crippen molar-refractivity contribution in [3.63, 3.8) is 0 Å². The molecular weight excluding hydrogens is 259 g/mol. The maximum absolute atomic E-state index is 12.2. The number of benzene rings is 1. The number of aryl methyl sites for hydroxylation is 1. The molecule has 0 aliphatic carbocycles. The van der Waals surface area contributed by atoms with Crippen molar-refractivity contribution in [1.82, 2.24) is 0 Å². The Morgan fingerprint density at radius 2 is 2.00 bits per heavy atom. The van der Waals surface area contributed by atoms with Crippen LogP contribution in [-0.4, -0.2) is 12.3 Å². The first-order valence-electron chi connectivity index (χ1n) is 4.53. The van der Waals surface area contributed by atoms with Crippen molar-refractivity contribution < 1.29 is 22.7 Å². The number of alkyl halides is 3. The number of carbonyl (C=O) groups excluding carboxylic acids is 1. The van der Waals surface area contributed by atoms with Crippen LogP contribution in [0, 0.1) is 6.92 Å². The van der Waals surface area contributed by atoms with Gasteiger partial charge in [0.05, 0.1) is 5.02 Å². The summed E-state index contributed by atoms with van der Waals surface area (Å²) in [4.78, 5) is 10.9. The lowest BCUT2D eigenvalue weighted by molar-refractivity contribution is -0.274. The van der Waals surface area contributed by atoms with Crippen molar-refractivity contribution in [3.8, 4) is 5.75 Å². The Bertz CT molecular complexity index is 446. The van der Waals surface area contributed by atoms with Gasteiger partial charge in [-0.15, -0.1) is 13.2 Å². The second-order valence-corrected chi connectivity index (χ2v) is 3.70. The third-order valence-electron chi connectivity index (χ3n) is 1.82. The van der Waals surface area contributed by atoms with Crippen molar-refractivity contribution >= 4 is 23.2 Å². The molecule has 0 aliphatic rings. The van der Waals surface area contributed by atoms with Crippen LogP contribution in [0.2, 0.25) is 5.02 Å². The van der Waals surface area contributed by atoms with Crippen molar-refractivity contribution in [2.24, 2.45) is 0 Å². The third-order valence-corrected chi connectivity index (χ3v) is 2.14. The molecule has 0 atom stereocenters. The molecule has 0 heterocycles. The Labute approximate surface area is 101 Å². The zero-order valence-electron chi connectivity index (χ0n) is 8.98. The van der Waals surface area contributed by atoms with Crippen LogP contribution in [-0.2, 0) is 4.79 Å². The molecule has 1 amide bonds. The average molecular weight is 268 g/mol. The molecule has 3 nitrogen and oxygen atoms in total. The normalized spacial score (nSPS) is 11.2. The number of hydrogen-bond acceptors (Lipinski definition) is 2. The van der Waals surface area contributed by atoms with Gasteiger partial charge in [0.1, 0.15) is 5.69 Å². The van der Waals surface area contributed by atoms with Crippen LogP contribution in [0.15, 0.2) is 12.1 Å². The maximum atomic E-state index is 12.2. The van der Waals surface area contributed by atoms with Crippen molar-refractivity contribution in [3.05, 3.63) is 22.7 Å². The molecule has 0 radical (unpaired) electrons. The molecule has 0 aromatic heterocycles. The molecular formula is C10H9ClF3NO2. The molecule has 0 fully saturated rings. The Morgan fingerprint density at radius 1 is 1.41 bits per heavy atom. The Balaban J connectivity index is 3.24. The van der Waals surface area contributed by atoms with Gasteiger partial charge in [0.25, 0.3) is 0 Å². The van der Waals surface area contributed by atoms with Crippen molar-refractivity contribution in [2.45, 2.75) is 20.2 Å². The number of ether oxygens (including phenoxy) is 1. The van der Waals surface area contributed by atoms with Gasteiger partial charge in [0, 0.05) is 6.92 Å². The van der Waals surface area contributed by atoms with E-state index in [9.17, 15) is 18.0 Å². The molecule has 94 valence electrons. The van der Waals surface area contributed by atoms with E-state index in [-0.39, 0.29) is 16.3 Å². The standard InChI is InChI=1S/C10H9ClF3NO2/c1-5-3-4-7(11)8(15-6(2)16)9(5)17-10(12,13)14/h3-4H,1-2H3,(H,15,16). The highest BCUT2D eigenvalue weighted by molar-refractivity contribution is 6.34. The van der Waals surface area contributed by atoms with Crippen LogP contribution in [0.3, 0.4) is 0 Å². The second-order valence-electron chi connectivity index (χ2n) is 3.30. The van der Waals surface area contributed by atoms with Crippen LogP contribution in [0.1, 0.15) is 12.5 Å². The van der Waals surface area contributed by atoms with E-state index >= 15 is 0 Å². The lowest BCUT2D eigenvalue weighted by Gasteiger charge is -2.16. The number of amides is 1. The lowest BCUT2D eigenvalue weighted by Crippen LogP contribution is -2.19. The van der Waals surface area contributed by atoms with Crippen LogP contribution in [0.4, 0.5) is 18.9 Å². The van der Waals surface area contributed by atoms with E-state index in [2.05, 4.69) is 10.1 Å². The average Bonchev–Trinajstić information content (AvgIpc) is 2.15. The van der Waals surface area contributed by atoms with E-state index in [1.165, 1.54) is 19.1 Å². The van der Waals surface area contributed by atoms with Gasteiger partial charge in [-0.25, -0.2) is 0 Å². The molecule has 1 rings (SSSR count). The smallest absolute Gasteiger partial charge is 0.403 e. The topological polar surface area (TPSA) is 38.3 Å². The first-order valence-corrected chi connectivity index (χ1v) is 4.91. The Hall–Kier alpha value is -1.43. The van der Waals surface area contributed by atoms with Crippen LogP contribution < -0.4 is 10.1 Å². The summed E-state index contributed by atoms with van der Waals surface area (Å²) in [6, 6.07) is 2.75. The molecule has 0 saturated carbocycles. The van der Waals surface area contributed by atoms with Gasteiger partial charge in [-0.2, -0.15) is 0 Å². The van der Waals surface area contributed by atoms with E-state index in [0.29, 0.717) is 0 Å². The summed E-state index contributed by atoms with van der Waals surface area (Å²) in [7, 11) is 0. The molecule has 1 aromatic carbocycles. The van der Waals surface area contributed by atoms with Crippen LogP contribution in [0.5, 0.6) is 5.75 Å². The van der Waals surface area contributed by atoms with E-state index in [1.54, 1.807) is 0 Å². The summed E-state index contributed by atoms with van der Waals surface area (Å²) >= 11 is 5.71. The Kier molecular flexibility index (Phi) is 3.87. The highest BCUT2D eigenvalue weighted by Gasteiger charge is 2.33. The third kappa shape index (κ3) is 3.81. The number of hydrogen-bond donors (Lipinski definition) is 1. The fourth-order valence-electron chi connectivity index (χ4n) is 1.20. The molecule has 0 spiro atoms. The zero-order valence-corrected chi connectivity index (χ0v) is 9.74. The van der Waals surface area contributed by atoms with Gasteiger partial charge < -0.3 is 10.1 Å². The number of nitrogens with one attached hydrogen (secondary N) is 1. The molecule has 0 saturated heterocycles. The summed E-state index contributed by atoms with van der Waals surface area (Å²) in [5.74, 6) is -1.04. The van der Waals surface area contributed by atoms with Crippen molar-refractivity contribution in [1.29, 1.82) is 0 Å². The molecule has 7 heteroatoms. The quantitative estimate of drug-likeness (QED) is 0.890. The fraction of sp³-hybridized carbons (Fsp3) is 0.300. The van der Waals surface area contributed by atoms with Crippen molar-refractivity contribution in [2.75, 3.05) is 5.32 Å². The summed E-state index contributed by atoms with van der Waals surface area (Å²) in [6.07, 6.45) is -4.84. The molecule has 0 aliphatic heterocycles. The van der Waals surface area contributed by atoms with E-state index in [4.69, 9.17) is 11.6 Å². The summed E-state index contributed by atoms with van der Waals surface area (Å²) in [5, 5.41) is 2.19. The predicted octanol–water partition coefficient (Wildman–Crippen LogP) is 3.51. The van der Waals surface area contributed by atoms with Gasteiger partial charge in [-0.3, -0.25) is 4.79 Å². The van der Waals surface area contributed by atoms with E-state index in [0.717, 1.165) is 6.92 Å². The number of carbonyl (C=O) groups is 1. The van der Waals surface area contributed by atoms with Gasteiger partial charge >= 0.3 is 6.36 Å². The Morgan fingerprint density at radius 3 is 2.47 bits per heavy atom. The highest BCUT2D eigenvalue weighted by atomic mass is 35.5. The second kappa shape index (κ2) is 4.83. The minimum absolute atomic E-state index is 0.0231. The monoisotopic (exact) mass is 267 g/mol. The van der Waals surface area contributed by atoms with Crippen LogP contribution >= 0.6 is 11.6 Å². The molecule has 0 bridgehead atoms. The number of anilines is 1. The molecule has 0 unspecified atom stereocenters. The molecule has 1 N–H and O–H groups in total. The first kappa shape index (κ1) is 13.6. The summed E-state index contributed by atoms with van der Waals surface area (Å²) in [5.41, 5.74) is 0.0342. The molecule has 17 heavy (non-hydrogen) atoms. The van der Waals surface area contributed by atoms with E-state index in [1.807, 2.05) is 0 Å². The van der Waals surface area contributed by atoms with Gasteiger partial charge in [0.2, 0.25) is 5.91 Å². The fourth-order valence-corrected chi connectivity index (χ4v) is 1.40. The lowest BCUT2D eigenvalue weighted by atomic mass is 10.2. The number of halogens is 4. The predicted molar refractivity (Wildman–Crippen MR) is 57.2 cm³/mol. The SMILES string of the molecule is CC(=O)Nc1c(Cl)ccc(C)c1OC(F)(F)F. The zero-order chi connectivity index (χ0) is 13.2. The summed E-state index contributed by atoms with van der Waals surface area (Å²) in [6.45, 7) is 2.58. The maximum Gasteiger partial charge on any atom is 0.573 e. The van der Waals surface area contributed by atoms with Gasteiger partial charge in [-0.1, -0.05) is 17.7 Å². The van der Waals surface area contributed by atoms with E-state index < -0.39 is 18.0 Å². The minimum Gasteiger partial charge on any atom is -0.403 e. The molecule has 1 aromatic rings.